The lowest BCUT2D eigenvalue weighted by atomic mass is 9.73. The van der Waals surface area contributed by atoms with E-state index in [1.54, 1.807) is 7.11 Å². The molecule has 0 radical (unpaired) electrons. The fourth-order valence-corrected chi connectivity index (χ4v) is 3.73. The number of methoxy groups -OCH3 is 1. The first-order valence-electron chi connectivity index (χ1n) is 8.03. The number of benzene rings is 2. The summed E-state index contributed by atoms with van der Waals surface area (Å²) in [5, 5.41) is 0. The second-order valence-corrected chi connectivity index (χ2v) is 6.52. The van der Waals surface area contributed by atoms with Crippen LogP contribution in [0.4, 0.5) is 0 Å². The topological polar surface area (TPSA) is 12.5 Å². The molecule has 0 aromatic heterocycles. The maximum Gasteiger partial charge on any atom is 0.119 e. The Morgan fingerprint density at radius 2 is 1.86 bits per heavy atom. The molecule has 1 aliphatic carbocycles. The van der Waals surface area contributed by atoms with Crippen LogP contribution in [0.2, 0.25) is 0 Å². The molecule has 2 nitrogen and oxygen atoms in total. The molecule has 2 aromatic rings. The lowest BCUT2D eigenvalue weighted by Gasteiger charge is -2.32. The van der Waals surface area contributed by atoms with Crippen molar-refractivity contribution in [3.05, 3.63) is 65.2 Å². The third kappa shape index (κ3) is 2.64. The van der Waals surface area contributed by atoms with Crippen LogP contribution >= 0.6 is 0 Å². The molecule has 116 valence electrons. The SMILES string of the molecule is COc1ccc2c(c1)CC[C@]2(CCN(C)C)c1ccccc1. The van der Waals surface area contributed by atoms with E-state index in [9.17, 15) is 0 Å². The van der Waals surface area contributed by atoms with Crippen molar-refractivity contribution in [2.24, 2.45) is 0 Å². The molecule has 0 bridgehead atoms. The van der Waals surface area contributed by atoms with Crippen LogP contribution < -0.4 is 4.74 Å². The molecule has 0 spiro atoms. The monoisotopic (exact) mass is 295 g/mol. The van der Waals surface area contributed by atoms with Crippen molar-refractivity contribution in [1.29, 1.82) is 0 Å². The fraction of sp³-hybridized carbons (Fsp3) is 0.400. The van der Waals surface area contributed by atoms with Gasteiger partial charge in [0.15, 0.2) is 0 Å². The van der Waals surface area contributed by atoms with E-state index in [4.69, 9.17) is 4.74 Å². The number of nitrogens with zero attached hydrogens (tertiary/aromatic N) is 1. The summed E-state index contributed by atoms with van der Waals surface area (Å²) in [6, 6.07) is 17.6. The molecule has 0 N–H and O–H groups in total. The molecule has 0 saturated carbocycles. The van der Waals surface area contributed by atoms with E-state index < -0.39 is 0 Å². The number of rotatable bonds is 5. The molecule has 0 amide bonds. The molecule has 3 rings (SSSR count). The van der Waals surface area contributed by atoms with Crippen molar-refractivity contribution >= 4 is 0 Å². The van der Waals surface area contributed by atoms with E-state index in [2.05, 4.69) is 67.5 Å². The molecule has 0 heterocycles. The Bertz CT molecular complexity index is 635. The Labute approximate surface area is 133 Å². The van der Waals surface area contributed by atoms with Crippen LogP contribution in [0.3, 0.4) is 0 Å². The van der Waals surface area contributed by atoms with Crippen LogP contribution in [0.1, 0.15) is 29.5 Å². The second kappa shape index (κ2) is 6.13. The predicted octanol–water partition coefficient (Wildman–Crippen LogP) is 3.88. The van der Waals surface area contributed by atoms with Crippen LogP contribution in [-0.2, 0) is 11.8 Å². The van der Waals surface area contributed by atoms with Crippen molar-refractivity contribution in [1.82, 2.24) is 4.90 Å². The smallest absolute Gasteiger partial charge is 0.119 e. The largest absolute Gasteiger partial charge is 0.497 e. The maximum absolute atomic E-state index is 5.40. The molecule has 2 heteroatoms. The molecule has 0 unspecified atom stereocenters. The van der Waals surface area contributed by atoms with Gasteiger partial charge in [-0.05, 0) is 68.7 Å². The summed E-state index contributed by atoms with van der Waals surface area (Å²) in [5.41, 5.74) is 4.52. The van der Waals surface area contributed by atoms with Gasteiger partial charge in [0.2, 0.25) is 0 Å². The summed E-state index contributed by atoms with van der Waals surface area (Å²) in [6.45, 7) is 1.10. The summed E-state index contributed by atoms with van der Waals surface area (Å²) in [5.74, 6) is 0.968. The summed E-state index contributed by atoms with van der Waals surface area (Å²) in [7, 11) is 6.05. The molecule has 22 heavy (non-hydrogen) atoms. The zero-order chi connectivity index (χ0) is 15.6. The van der Waals surface area contributed by atoms with Crippen molar-refractivity contribution < 1.29 is 4.74 Å². The zero-order valence-corrected chi connectivity index (χ0v) is 13.8. The summed E-state index contributed by atoms with van der Waals surface area (Å²) in [4.78, 5) is 2.28. The van der Waals surface area contributed by atoms with Gasteiger partial charge < -0.3 is 9.64 Å². The third-order valence-corrected chi connectivity index (χ3v) is 4.96. The minimum Gasteiger partial charge on any atom is -0.497 e. The molecular formula is C20H25NO. The van der Waals surface area contributed by atoms with Gasteiger partial charge in [0, 0.05) is 5.41 Å². The molecule has 2 aromatic carbocycles. The van der Waals surface area contributed by atoms with Gasteiger partial charge in [-0.2, -0.15) is 0 Å². The minimum atomic E-state index is 0.146. The highest BCUT2D eigenvalue weighted by Gasteiger charge is 2.39. The van der Waals surface area contributed by atoms with Crippen molar-refractivity contribution in [3.63, 3.8) is 0 Å². The van der Waals surface area contributed by atoms with Crippen LogP contribution in [0.5, 0.6) is 5.75 Å². The fourth-order valence-electron chi connectivity index (χ4n) is 3.73. The van der Waals surface area contributed by atoms with Gasteiger partial charge in [-0.1, -0.05) is 36.4 Å². The lowest BCUT2D eigenvalue weighted by molar-refractivity contribution is 0.342. The van der Waals surface area contributed by atoms with Gasteiger partial charge in [-0.3, -0.25) is 0 Å². The van der Waals surface area contributed by atoms with Crippen molar-refractivity contribution in [2.75, 3.05) is 27.7 Å². The summed E-state index contributed by atoms with van der Waals surface area (Å²) >= 11 is 0. The van der Waals surface area contributed by atoms with Crippen LogP contribution in [0.25, 0.3) is 0 Å². The first-order chi connectivity index (χ1) is 10.7. The maximum atomic E-state index is 5.40. The molecular weight excluding hydrogens is 270 g/mol. The van der Waals surface area contributed by atoms with E-state index in [1.807, 2.05) is 0 Å². The van der Waals surface area contributed by atoms with Crippen molar-refractivity contribution in [3.8, 4) is 5.75 Å². The summed E-state index contributed by atoms with van der Waals surface area (Å²) < 4.78 is 5.40. The Hall–Kier alpha value is -1.80. The number of aryl methyl sites for hydroxylation is 1. The van der Waals surface area contributed by atoms with Gasteiger partial charge in [-0.25, -0.2) is 0 Å². The van der Waals surface area contributed by atoms with Gasteiger partial charge in [-0.15, -0.1) is 0 Å². The van der Waals surface area contributed by atoms with E-state index in [1.165, 1.54) is 23.1 Å². The minimum absolute atomic E-state index is 0.146. The highest BCUT2D eigenvalue weighted by molar-refractivity contribution is 5.50. The third-order valence-electron chi connectivity index (χ3n) is 4.96. The lowest BCUT2D eigenvalue weighted by Crippen LogP contribution is -2.30. The van der Waals surface area contributed by atoms with Crippen LogP contribution in [0, 0.1) is 0 Å². The van der Waals surface area contributed by atoms with Gasteiger partial charge in [0.1, 0.15) is 5.75 Å². The normalized spacial score (nSPS) is 20.2. The Kier molecular flexibility index (Phi) is 4.21. The summed E-state index contributed by atoms with van der Waals surface area (Å²) in [6.07, 6.45) is 3.48. The van der Waals surface area contributed by atoms with Crippen LogP contribution in [0.15, 0.2) is 48.5 Å². The molecule has 0 fully saturated rings. The number of fused-ring (bicyclic) bond motifs is 1. The Morgan fingerprint density at radius 3 is 2.55 bits per heavy atom. The van der Waals surface area contributed by atoms with Crippen LogP contribution in [-0.4, -0.2) is 32.6 Å². The van der Waals surface area contributed by atoms with E-state index >= 15 is 0 Å². The molecule has 0 saturated heterocycles. The molecule has 0 aliphatic heterocycles. The van der Waals surface area contributed by atoms with Gasteiger partial charge in [0.05, 0.1) is 7.11 Å². The van der Waals surface area contributed by atoms with E-state index in [0.29, 0.717) is 0 Å². The highest BCUT2D eigenvalue weighted by atomic mass is 16.5. The molecule has 1 atom stereocenters. The second-order valence-electron chi connectivity index (χ2n) is 6.52. The number of ether oxygens (including phenoxy) is 1. The predicted molar refractivity (Wildman–Crippen MR) is 91.7 cm³/mol. The first-order valence-corrected chi connectivity index (χ1v) is 8.03. The Balaban J connectivity index is 2.06. The standard InChI is InChI=1S/C20H25NO/c1-21(2)14-13-20(17-7-5-4-6-8-17)12-11-16-15-18(22-3)9-10-19(16)20/h4-10,15H,11-14H2,1-3H3/t20-/m0/s1. The Morgan fingerprint density at radius 1 is 1.09 bits per heavy atom. The van der Waals surface area contributed by atoms with Crippen molar-refractivity contribution in [2.45, 2.75) is 24.7 Å². The highest BCUT2D eigenvalue weighted by Crippen LogP contribution is 2.47. The van der Waals surface area contributed by atoms with E-state index in [0.717, 1.165) is 25.1 Å². The number of hydrogen-bond acceptors (Lipinski definition) is 2. The quantitative estimate of drug-likeness (QED) is 0.830. The zero-order valence-electron chi connectivity index (χ0n) is 13.8. The number of hydrogen-bond donors (Lipinski definition) is 0. The first kappa shape index (κ1) is 15.1. The van der Waals surface area contributed by atoms with Gasteiger partial charge >= 0.3 is 0 Å². The van der Waals surface area contributed by atoms with Gasteiger partial charge in [0.25, 0.3) is 0 Å². The average Bonchev–Trinajstić information content (AvgIpc) is 2.93. The molecule has 1 aliphatic rings. The average molecular weight is 295 g/mol. The van der Waals surface area contributed by atoms with E-state index in [-0.39, 0.29) is 5.41 Å².